The summed E-state index contributed by atoms with van der Waals surface area (Å²) in [6, 6.07) is 16.9. The molecule has 6 aromatic rings. The SMILES string of the molecule is Cc1ccc2c(c1)c1cc(C)c(C)c3c1n2c1cc(C2CC4CCC2C4)cc2cc[n+](C)c3c21. The number of pyridine rings is 2. The van der Waals surface area contributed by atoms with Crippen molar-refractivity contribution in [2.75, 3.05) is 0 Å². The minimum absolute atomic E-state index is 0.734. The summed E-state index contributed by atoms with van der Waals surface area (Å²) in [6.45, 7) is 6.80. The van der Waals surface area contributed by atoms with Crippen LogP contribution in [0.15, 0.2) is 48.7 Å². The maximum absolute atomic E-state index is 2.61. The van der Waals surface area contributed by atoms with Crippen molar-refractivity contribution >= 4 is 49.0 Å². The van der Waals surface area contributed by atoms with Crippen molar-refractivity contribution in [3.05, 3.63) is 70.9 Å². The molecule has 2 bridgehead atoms. The van der Waals surface area contributed by atoms with Gasteiger partial charge < -0.3 is 4.40 Å². The molecule has 0 spiro atoms. The highest BCUT2D eigenvalue weighted by molar-refractivity contribution is 6.26. The molecule has 2 aliphatic carbocycles. The fourth-order valence-electron chi connectivity index (χ4n) is 7.91. The molecule has 2 aliphatic rings. The van der Waals surface area contributed by atoms with Crippen molar-refractivity contribution in [1.29, 1.82) is 0 Å². The predicted molar refractivity (Wildman–Crippen MR) is 142 cm³/mol. The van der Waals surface area contributed by atoms with Crippen LogP contribution >= 0.6 is 0 Å². The molecule has 34 heavy (non-hydrogen) atoms. The Kier molecular flexibility index (Phi) is 3.56. The van der Waals surface area contributed by atoms with Crippen molar-refractivity contribution < 1.29 is 4.57 Å². The smallest absolute Gasteiger partial charge is 0.224 e. The molecule has 3 aromatic heterocycles. The van der Waals surface area contributed by atoms with Gasteiger partial charge in [0.2, 0.25) is 5.52 Å². The highest BCUT2D eigenvalue weighted by atomic mass is 15.0. The van der Waals surface area contributed by atoms with E-state index >= 15 is 0 Å². The second kappa shape index (κ2) is 6.30. The zero-order valence-corrected chi connectivity index (χ0v) is 20.6. The fourth-order valence-corrected chi connectivity index (χ4v) is 7.91. The number of rotatable bonds is 1. The molecule has 3 heterocycles. The van der Waals surface area contributed by atoms with Crippen molar-refractivity contribution in [3.63, 3.8) is 0 Å². The first-order valence-corrected chi connectivity index (χ1v) is 13.0. The summed E-state index contributed by atoms with van der Waals surface area (Å²) in [6.07, 6.45) is 8.00. The van der Waals surface area contributed by atoms with Gasteiger partial charge in [-0.3, -0.25) is 0 Å². The number of fused-ring (bicyclic) bond motifs is 7. The van der Waals surface area contributed by atoms with Gasteiger partial charge in [-0.05, 0) is 104 Å². The van der Waals surface area contributed by atoms with Crippen LogP contribution in [0.2, 0.25) is 0 Å². The van der Waals surface area contributed by atoms with Crippen LogP contribution in [-0.2, 0) is 7.05 Å². The van der Waals surface area contributed by atoms with E-state index in [1.807, 2.05) is 0 Å². The largest absolute Gasteiger partial charge is 0.307 e. The average Bonchev–Trinajstić information content (AvgIpc) is 3.54. The molecule has 0 radical (unpaired) electrons. The Bertz CT molecular complexity index is 1820. The van der Waals surface area contributed by atoms with Gasteiger partial charge in [-0.1, -0.05) is 24.1 Å². The molecule has 0 saturated heterocycles. The maximum Gasteiger partial charge on any atom is 0.224 e. The number of benzene rings is 3. The Labute approximate surface area is 200 Å². The number of nitrogens with zero attached hydrogens (tertiary/aromatic N) is 2. The first-order chi connectivity index (χ1) is 16.5. The maximum atomic E-state index is 2.61. The van der Waals surface area contributed by atoms with Crippen LogP contribution in [0, 0.1) is 32.6 Å². The van der Waals surface area contributed by atoms with Crippen molar-refractivity contribution in [2.45, 2.75) is 52.4 Å². The van der Waals surface area contributed by atoms with Gasteiger partial charge in [0, 0.05) is 16.8 Å². The number of aromatic nitrogens is 2. The third-order valence-electron chi connectivity index (χ3n) is 9.61. The topological polar surface area (TPSA) is 8.29 Å². The molecular formula is C32H31N2+. The van der Waals surface area contributed by atoms with Crippen LogP contribution < -0.4 is 4.57 Å². The number of hydrogen-bond acceptors (Lipinski definition) is 0. The summed E-state index contributed by atoms with van der Waals surface area (Å²) in [5.74, 6) is 2.58. The summed E-state index contributed by atoms with van der Waals surface area (Å²) in [4.78, 5) is 0. The van der Waals surface area contributed by atoms with E-state index in [9.17, 15) is 0 Å². The Morgan fingerprint density at radius 1 is 0.853 bits per heavy atom. The van der Waals surface area contributed by atoms with E-state index in [4.69, 9.17) is 0 Å². The Balaban J connectivity index is 1.65. The van der Waals surface area contributed by atoms with Crippen LogP contribution in [-0.4, -0.2) is 4.40 Å². The second-order valence-corrected chi connectivity index (χ2v) is 11.5. The zero-order chi connectivity index (χ0) is 22.9. The Morgan fingerprint density at radius 3 is 2.53 bits per heavy atom. The molecule has 2 saturated carbocycles. The lowest BCUT2D eigenvalue weighted by Crippen LogP contribution is -2.29. The summed E-state index contributed by atoms with van der Waals surface area (Å²) < 4.78 is 4.97. The van der Waals surface area contributed by atoms with Gasteiger partial charge in [-0.2, -0.15) is 0 Å². The average molecular weight is 444 g/mol. The van der Waals surface area contributed by atoms with Crippen LogP contribution in [0.3, 0.4) is 0 Å². The number of aryl methyl sites for hydroxylation is 4. The summed E-state index contributed by atoms with van der Waals surface area (Å²) in [7, 11) is 2.22. The highest BCUT2D eigenvalue weighted by Gasteiger charge is 2.40. The molecule has 3 aromatic carbocycles. The highest BCUT2D eigenvalue weighted by Crippen LogP contribution is 2.53. The molecule has 2 nitrogen and oxygen atoms in total. The van der Waals surface area contributed by atoms with Crippen molar-refractivity contribution in [3.8, 4) is 0 Å². The molecule has 2 heteroatoms. The molecule has 168 valence electrons. The quantitative estimate of drug-likeness (QED) is 0.140. The molecule has 3 atom stereocenters. The fraction of sp³-hybridized carbons (Fsp3) is 0.344. The van der Waals surface area contributed by atoms with E-state index in [0.717, 1.165) is 17.8 Å². The number of hydrogen-bond donors (Lipinski definition) is 0. The first kappa shape index (κ1) is 19.2. The van der Waals surface area contributed by atoms with Crippen LogP contribution in [0.4, 0.5) is 0 Å². The molecule has 0 aliphatic heterocycles. The molecule has 8 rings (SSSR count). The monoisotopic (exact) mass is 443 g/mol. The third kappa shape index (κ3) is 2.25. The van der Waals surface area contributed by atoms with Gasteiger partial charge in [-0.25, -0.2) is 4.57 Å². The van der Waals surface area contributed by atoms with Gasteiger partial charge in [-0.15, -0.1) is 0 Å². The lowest BCUT2D eigenvalue weighted by atomic mass is 9.82. The second-order valence-electron chi connectivity index (χ2n) is 11.5. The van der Waals surface area contributed by atoms with Crippen molar-refractivity contribution in [2.24, 2.45) is 18.9 Å². The zero-order valence-electron chi connectivity index (χ0n) is 20.6. The summed E-state index contributed by atoms with van der Waals surface area (Å²) in [5, 5.41) is 7.00. The van der Waals surface area contributed by atoms with E-state index in [2.05, 4.69) is 85.4 Å². The van der Waals surface area contributed by atoms with E-state index < -0.39 is 0 Å². The van der Waals surface area contributed by atoms with Gasteiger partial charge in [0.1, 0.15) is 7.05 Å². The van der Waals surface area contributed by atoms with Crippen LogP contribution in [0.5, 0.6) is 0 Å². The summed E-state index contributed by atoms with van der Waals surface area (Å²) >= 11 is 0. The van der Waals surface area contributed by atoms with Gasteiger partial charge in [0.15, 0.2) is 6.20 Å². The molecule has 2 fully saturated rings. The minimum atomic E-state index is 0.734. The lowest BCUT2D eigenvalue weighted by Gasteiger charge is -2.23. The van der Waals surface area contributed by atoms with E-state index in [-0.39, 0.29) is 0 Å². The predicted octanol–water partition coefficient (Wildman–Crippen LogP) is 7.64. The van der Waals surface area contributed by atoms with E-state index in [1.165, 1.54) is 91.4 Å². The molecular weight excluding hydrogens is 412 g/mol. The van der Waals surface area contributed by atoms with Crippen LogP contribution in [0.1, 0.15) is 53.9 Å². The van der Waals surface area contributed by atoms with Gasteiger partial charge >= 0.3 is 0 Å². The van der Waals surface area contributed by atoms with Crippen molar-refractivity contribution in [1.82, 2.24) is 4.40 Å². The van der Waals surface area contributed by atoms with Gasteiger partial charge in [0.05, 0.1) is 27.3 Å². The summed E-state index contributed by atoms with van der Waals surface area (Å²) in [5.41, 5.74) is 11.2. The molecule has 3 unspecified atom stereocenters. The Morgan fingerprint density at radius 2 is 1.74 bits per heavy atom. The third-order valence-corrected chi connectivity index (χ3v) is 9.61. The van der Waals surface area contributed by atoms with Gasteiger partial charge in [0.25, 0.3) is 0 Å². The minimum Gasteiger partial charge on any atom is -0.307 e. The lowest BCUT2D eigenvalue weighted by molar-refractivity contribution is -0.643. The van der Waals surface area contributed by atoms with Crippen LogP contribution in [0.25, 0.3) is 49.0 Å². The van der Waals surface area contributed by atoms with E-state index in [1.54, 1.807) is 5.56 Å². The Hall–Kier alpha value is -3.13. The molecule has 0 amide bonds. The van der Waals surface area contributed by atoms with E-state index in [0.29, 0.717) is 0 Å². The standard InChI is InChI=1S/C32H31N2/c1-17-5-8-27-25(11-17)26-12-18(2)19(3)29-31(26)34(27)28-16-23(24-14-20-6-7-21(24)13-20)15-22-9-10-33(4)32(29)30(22)28/h5,8-12,15-16,20-21,24H,6-7,13-14H2,1-4H3/q+1. The first-order valence-electron chi connectivity index (χ1n) is 13.0. The molecule has 0 N–H and O–H groups in total. The normalized spacial score (nSPS) is 22.5.